The number of primary amides is 1. The summed E-state index contributed by atoms with van der Waals surface area (Å²) in [5.41, 5.74) is 8.92. The van der Waals surface area contributed by atoms with Crippen LogP contribution in [0.3, 0.4) is 0 Å². The van der Waals surface area contributed by atoms with Crippen molar-refractivity contribution < 1.29 is 14.6 Å². The maximum Gasteiger partial charge on any atom is 0.273 e. The first-order valence-corrected chi connectivity index (χ1v) is 10.00. The highest BCUT2D eigenvalue weighted by atomic mass is 16.5. The second kappa shape index (κ2) is 9.12. The molecule has 0 spiro atoms. The van der Waals surface area contributed by atoms with Gasteiger partial charge in [0.2, 0.25) is 5.95 Å². The van der Waals surface area contributed by atoms with Gasteiger partial charge in [0.1, 0.15) is 11.6 Å². The van der Waals surface area contributed by atoms with Gasteiger partial charge in [0.15, 0.2) is 11.5 Å². The molecule has 0 atom stereocenters. The largest absolute Gasteiger partial charge is 0.495 e. The number of nitrogens with zero attached hydrogens (tertiary/aromatic N) is 5. The van der Waals surface area contributed by atoms with Gasteiger partial charge in [-0.3, -0.25) is 4.79 Å². The smallest absolute Gasteiger partial charge is 0.273 e. The Morgan fingerprint density at radius 1 is 1.25 bits per heavy atom. The molecule has 0 unspecified atom stereocenters. The summed E-state index contributed by atoms with van der Waals surface area (Å²) >= 11 is 0. The number of benzene rings is 1. The number of carbonyl (C=O) groups excluding carboxylic acids is 1. The molecule has 0 radical (unpaired) electrons. The molecule has 11 nitrogen and oxygen atoms in total. The van der Waals surface area contributed by atoms with Crippen molar-refractivity contribution in [3.8, 4) is 5.75 Å². The van der Waals surface area contributed by atoms with Crippen LogP contribution in [-0.4, -0.2) is 56.8 Å². The fourth-order valence-corrected chi connectivity index (χ4v) is 3.54. The summed E-state index contributed by atoms with van der Waals surface area (Å²) in [5.74, 6) is 0.394. The van der Waals surface area contributed by atoms with Crippen LogP contribution in [0.4, 0.5) is 23.3 Å². The molecular weight excluding hydrogens is 412 g/mol. The molecule has 0 saturated carbocycles. The Bertz CT molecular complexity index is 1150. The Balaban J connectivity index is 1.68. The molecule has 2 aromatic heterocycles. The fourth-order valence-electron chi connectivity index (χ4n) is 3.54. The minimum atomic E-state index is -0.795. The Morgan fingerprint density at radius 3 is 2.84 bits per heavy atom. The average Bonchev–Trinajstić information content (AvgIpc) is 2.79. The number of aromatic nitrogens is 4. The zero-order chi connectivity index (χ0) is 22.7. The van der Waals surface area contributed by atoms with E-state index >= 15 is 0 Å². The van der Waals surface area contributed by atoms with Crippen molar-refractivity contribution >= 4 is 29.2 Å². The number of methoxy groups -OCH3 is 1. The van der Waals surface area contributed by atoms with Gasteiger partial charge in [-0.2, -0.15) is 4.98 Å². The number of likely N-dealkylation sites (N-methyl/N-ethyl adjacent to an activating group) is 1. The Labute approximate surface area is 184 Å². The summed E-state index contributed by atoms with van der Waals surface area (Å²) in [6.07, 6.45) is 2.47. The van der Waals surface area contributed by atoms with Gasteiger partial charge in [0, 0.05) is 24.8 Å². The normalized spacial score (nSPS) is 13.3. The molecule has 11 heteroatoms. The predicted octanol–water partition coefficient (Wildman–Crippen LogP) is 1.34. The van der Waals surface area contributed by atoms with E-state index in [4.69, 9.17) is 10.5 Å². The number of hydrogen-bond acceptors (Lipinski definition) is 10. The molecule has 4 rings (SSSR count). The summed E-state index contributed by atoms with van der Waals surface area (Å²) in [7, 11) is 3.68. The van der Waals surface area contributed by atoms with Crippen molar-refractivity contribution in [3.05, 3.63) is 52.8 Å². The van der Waals surface area contributed by atoms with Gasteiger partial charge in [-0.15, -0.1) is 10.2 Å². The van der Waals surface area contributed by atoms with Crippen LogP contribution in [0.25, 0.3) is 0 Å². The molecule has 166 valence electrons. The number of pyridine rings is 1. The molecule has 3 heterocycles. The van der Waals surface area contributed by atoms with Gasteiger partial charge in [0.05, 0.1) is 19.4 Å². The van der Waals surface area contributed by atoms with Crippen LogP contribution in [0.2, 0.25) is 0 Å². The molecule has 3 aromatic rings. The van der Waals surface area contributed by atoms with Crippen molar-refractivity contribution in [3.63, 3.8) is 0 Å². The number of anilines is 4. The molecule has 1 aliphatic heterocycles. The van der Waals surface area contributed by atoms with Crippen LogP contribution in [-0.2, 0) is 19.6 Å². The van der Waals surface area contributed by atoms with E-state index < -0.39 is 5.91 Å². The lowest BCUT2D eigenvalue weighted by Crippen LogP contribution is -2.26. The highest BCUT2D eigenvalue weighted by Crippen LogP contribution is 2.33. The molecular formula is C21H24N8O3. The predicted molar refractivity (Wildman–Crippen MR) is 118 cm³/mol. The quantitative estimate of drug-likeness (QED) is 0.427. The van der Waals surface area contributed by atoms with Crippen molar-refractivity contribution in [1.29, 1.82) is 0 Å². The number of aliphatic hydroxyl groups is 1. The third-order valence-corrected chi connectivity index (χ3v) is 5.19. The molecule has 1 aromatic carbocycles. The van der Waals surface area contributed by atoms with E-state index in [1.807, 2.05) is 12.1 Å². The maximum absolute atomic E-state index is 11.8. The van der Waals surface area contributed by atoms with Crippen LogP contribution >= 0.6 is 0 Å². The first-order valence-electron chi connectivity index (χ1n) is 10.00. The minimum absolute atomic E-state index is 0.0713. The molecule has 0 bridgehead atoms. The SMILES string of the molecule is COc1cc2c(cc1Nc1nnc(C(N)=O)c(Nc3ncccc3CO)n1)CCN(C)C2. The highest BCUT2D eigenvalue weighted by Gasteiger charge is 2.19. The Hall–Kier alpha value is -3.83. The van der Waals surface area contributed by atoms with Crippen molar-refractivity contribution in [2.45, 2.75) is 19.6 Å². The lowest BCUT2D eigenvalue weighted by molar-refractivity contribution is 0.0995. The standard InChI is InChI=1S/C21H24N8O3/c1-29-7-5-12-8-15(16(32-2)9-14(12)10-29)24-21-26-20(17(18(22)31)27-28-21)25-19-13(11-30)4-3-6-23-19/h3-4,6,8-9,30H,5,7,10-11H2,1-2H3,(H2,22,31)(H2,23,24,25,26,28). The van der Waals surface area contributed by atoms with Crippen molar-refractivity contribution in [2.75, 3.05) is 31.3 Å². The van der Waals surface area contributed by atoms with Crippen LogP contribution in [0, 0.1) is 0 Å². The van der Waals surface area contributed by atoms with Crippen LogP contribution in [0.5, 0.6) is 5.75 Å². The molecule has 0 fully saturated rings. The van der Waals surface area contributed by atoms with Crippen molar-refractivity contribution in [1.82, 2.24) is 25.1 Å². The number of nitrogens with two attached hydrogens (primary N) is 1. The number of fused-ring (bicyclic) bond motifs is 1. The van der Waals surface area contributed by atoms with E-state index in [9.17, 15) is 9.90 Å². The lowest BCUT2D eigenvalue weighted by atomic mass is 9.99. The summed E-state index contributed by atoms with van der Waals surface area (Å²) in [6, 6.07) is 7.40. The van der Waals surface area contributed by atoms with E-state index in [-0.39, 0.29) is 24.1 Å². The van der Waals surface area contributed by atoms with Gasteiger partial charge in [0.25, 0.3) is 5.91 Å². The zero-order valence-corrected chi connectivity index (χ0v) is 17.8. The Kier molecular flexibility index (Phi) is 6.10. The average molecular weight is 436 g/mol. The molecule has 5 N–H and O–H groups in total. The summed E-state index contributed by atoms with van der Waals surface area (Å²) < 4.78 is 5.55. The second-order valence-electron chi connectivity index (χ2n) is 7.43. The zero-order valence-electron chi connectivity index (χ0n) is 17.8. The highest BCUT2D eigenvalue weighted by molar-refractivity contribution is 5.96. The van der Waals surface area contributed by atoms with Gasteiger partial charge in [-0.25, -0.2) is 4.98 Å². The Morgan fingerprint density at radius 2 is 2.09 bits per heavy atom. The molecule has 32 heavy (non-hydrogen) atoms. The topological polar surface area (TPSA) is 151 Å². The fraction of sp³-hybridized carbons (Fsp3) is 0.286. The van der Waals surface area contributed by atoms with Crippen LogP contribution in [0.1, 0.15) is 27.2 Å². The number of rotatable bonds is 7. The second-order valence-corrected chi connectivity index (χ2v) is 7.43. The number of hydrogen-bond donors (Lipinski definition) is 4. The first-order chi connectivity index (χ1) is 15.5. The maximum atomic E-state index is 11.8. The van der Waals surface area contributed by atoms with Crippen molar-refractivity contribution in [2.24, 2.45) is 5.73 Å². The monoisotopic (exact) mass is 436 g/mol. The summed E-state index contributed by atoms with van der Waals surface area (Å²) in [6.45, 7) is 1.57. The number of carbonyl (C=O) groups is 1. The molecule has 1 amide bonds. The van der Waals surface area contributed by atoms with E-state index in [1.165, 1.54) is 11.1 Å². The van der Waals surface area contributed by atoms with E-state index in [1.54, 1.807) is 25.4 Å². The van der Waals surface area contributed by atoms with Gasteiger partial charge >= 0.3 is 0 Å². The third kappa shape index (κ3) is 4.43. The van der Waals surface area contributed by atoms with E-state index in [2.05, 4.69) is 42.7 Å². The van der Waals surface area contributed by atoms with E-state index in [0.29, 0.717) is 22.8 Å². The number of ether oxygens (including phenoxy) is 1. The first kappa shape index (κ1) is 21.4. The molecule has 0 saturated heterocycles. The van der Waals surface area contributed by atoms with Gasteiger partial charge in [-0.05, 0) is 42.8 Å². The summed E-state index contributed by atoms with van der Waals surface area (Å²) in [5, 5.41) is 23.5. The van der Waals surface area contributed by atoms with E-state index in [0.717, 1.165) is 19.5 Å². The van der Waals surface area contributed by atoms with Gasteiger partial charge in [-0.1, -0.05) is 6.07 Å². The van der Waals surface area contributed by atoms with Crippen LogP contribution in [0.15, 0.2) is 30.5 Å². The molecule has 0 aliphatic carbocycles. The number of nitrogens with one attached hydrogen (secondary N) is 2. The lowest BCUT2D eigenvalue weighted by Gasteiger charge is -2.26. The van der Waals surface area contributed by atoms with Gasteiger partial charge < -0.3 is 31.1 Å². The summed E-state index contributed by atoms with van der Waals surface area (Å²) in [4.78, 5) is 22.7. The molecule has 1 aliphatic rings. The minimum Gasteiger partial charge on any atom is -0.495 e. The number of amides is 1. The third-order valence-electron chi connectivity index (χ3n) is 5.19. The van der Waals surface area contributed by atoms with Crippen LogP contribution < -0.4 is 21.1 Å². The number of aliphatic hydroxyl groups excluding tert-OH is 1.